The van der Waals surface area contributed by atoms with Crippen molar-refractivity contribution >= 4 is 28.6 Å². The van der Waals surface area contributed by atoms with Crippen molar-refractivity contribution in [2.75, 3.05) is 17.9 Å². The first-order valence-corrected chi connectivity index (χ1v) is 4.87. The molecular formula is C12H12N2O2. The van der Waals surface area contributed by atoms with Crippen molar-refractivity contribution < 1.29 is 9.63 Å². The highest BCUT2D eigenvalue weighted by atomic mass is 16.6. The molecule has 2 aromatic carbocycles. The fourth-order valence-corrected chi connectivity index (χ4v) is 1.70. The molecule has 1 amide bonds. The van der Waals surface area contributed by atoms with Crippen LogP contribution in [0.25, 0.3) is 10.8 Å². The molecule has 4 nitrogen and oxygen atoms in total. The van der Waals surface area contributed by atoms with Crippen molar-refractivity contribution in [1.29, 1.82) is 0 Å². The summed E-state index contributed by atoms with van der Waals surface area (Å²) in [7, 11) is 1.56. The summed E-state index contributed by atoms with van der Waals surface area (Å²) in [4.78, 5) is 15.4. The number of carbonyl (C=O) groups excluding carboxylic acids is 1. The molecule has 2 N–H and O–H groups in total. The molecule has 2 aromatic rings. The van der Waals surface area contributed by atoms with Crippen LogP contribution in [0, 0.1) is 0 Å². The van der Waals surface area contributed by atoms with E-state index in [1.807, 2.05) is 36.4 Å². The van der Waals surface area contributed by atoms with E-state index in [0.29, 0.717) is 6.41 Å². The minimum atomic E-state index is 0.672. The third-order valence-electron chi connectivity index (χ3n) is 2.35. The molecule has 0 spiro atoms. The molecule has 2 rings (SSSR count). The number of amides is 1. The molecule has 0 radical (unpaired) electrons. The first-order chi connectivity index (χ1) is 7.86. The zero-order chi connectivity index (χ0) is 11.4. The van der Waals surface area contributed by atoms with Crippen molar-refractivity contribution in [3.05, 3.63) is 36.4 Å². The average molecular weight is 216 g/mol. The summed E-state index contributed by atoms with van der Waals surface area (Å²) in [5, 5.41) is 4.64. The van der Waals surface area contributed by atoms with E-state index < -0.39 is 0 Å². The van der Waals surface area contributed by atoms with Crippen LogP contribution in [0.1, 0.15) is 0 Å². The number of benzene rings is 2. The van der Waals surface area contributed by atoms with Gasteiger partial charge in [-0.1, -0.05) is 24.3 Å². The second-order valence-electron chi connectivity index (χ2n) is 3.27. The second kappa shape index (κ2) is 4.63. The Balaban J connectivity index is 2.61. The number of fused-ring (bicyclic) bond motifs is 1. The molecule has 0 heterocycles. The summed E-state index contributed by atoms with van der Waals surface area (Å²) in [6.07, 6.45) is 0.672. The summed E-state index contributed by atoms with van der Waals surface area (Å²) in [5.74, 6) is 0. The van der Waals surface area contributed by atoms with E-state index in [-0.39, 0.29) is 0 Å². The van der Waals surface area contributed by atoms with Crippen LogP contribution in [0.4, 0.5) is 11.4 Å². The fraction of sp³-hybridized carbons (Fsp3) is 0.0833. The second-order valence-corrected chi connectivity index (χ2v) is 3.27. The highest BCUT2D eigenvalue weighted by Crippen LogP contribution is 2.28. The molecule has 4 heteroatoms. The quantitative estimate of drug-likeness (QED) is 0.609. The standard InChI is InChI=1S/C12H12N2O2/c1-16-14-12-7-3-4-9-10(12)5-2-6-11(9)13-8-15/h2-8,14H,1H3,(H,13,15). The molecule has 82 valence electrons. The highest BCUT2D eigenvalue weighted by Gasteiger charge is 2.03. The fourth-order valence-electron chi connectivity index (χ4n) is 1.70. The Morgan fingerprint density at radius 1 is 1.06 bits per heavy atom. The van der Waals surface area contributed by atoms with Crippen molar-refractivity contribution in [2.24, 2.45) is 0 Å². The molecule has 0 bridgehead atoms. The third kappa shape index (κ3) is 1.83. The van der Waals surface area contributed by atoms with Crippen molar-refractivity contribution in [3.63, 3.8) is 0 Å². The topological polar surface area (TPSA) is 50.4 Å². The lowest BCUT2D eigenvalue weighted by atomic mass is 10.1. The maximum Gasteiger partial charge on any atom is 0.211 e. The smallest absolute Gasteiger partial charge is 0.211 e. The molecule has 0 saturated heterocycles. The minimum Gasteiger partial charge on any atom is -0.328 e. The maximum absolute atomic E-state index is 10.5. The molecule has 0 fully saturated rings. The molecule has 0 atom stereocenters. The Morgan fingerprint density at radius 3 is 2.31 bits per heavy atom. The molecule has 0 aliphatic rings. The van der Waals surface area contributed by atoms with Gasteiger partial charge >= 0.3 is 0 Å². The molecule has 0 aromatic heterocycles. The lowest BCUT2D eigenvalue weighted by Crippen LogP contribution is -1.98. The van der Waals surface area contributed by atoms with Gasteiger partial charge in [0.1, 0.15) is 0 Å². The number of anilines is 2. The lowest BCUT2D eigenvalue weighted by molar-refractivity contribution is -0.105. The monoisotopic (exact) mass is 216 g/mol. The van der Waals surface area contributed by atoms with Crippen LogP contribution in [0.3, 0.4) is 0 Å². The summed E-state index contributed by atoms with van der Waals surface area (Å²) in [6.45, 7) is 0. The van der Waals surface area contributed by atoms with Crippen molar-refractivity contribution in [2.45, 2.75) is 0 Å². The zero-order valence-electron chi connectivity index (χ0n) is 8.86. The molecule has 0 aliphatic carbocycles. The summed E-state index contributed by atoms with van der Waals surface area (Å²) >= 11 is 0. The Kier molecular flexibility index (Phi) is 3.03. The van der Waals surface area contributed by atoms with Crippen LogP contribution in [0.15, 0.2) is 36.4 Å². The van der Waals surface area contributed by atoms with Gasteiger partial charge in [-0.05, 0) is 12.1 Å². The van der Waals surface area contributed by atoms with Gasteiger partial charge in [0.05, 0.1) is 12.8 Å². The van der Waals surface area contributed by atoms with Gasteiger partial charge in [0.25, 0.3) is 0 Å². The van der Waals surface area contributed by atoms with E-state index in [1.54, 1.807) is 7.11 Å². The molecular weight excluding hydrogens is 204 g/mol. The summed E-state index contributed by atoms with van der Waals surface area (Å²) < 4.78 is 0. The Bertz CT molecular complexity index is 511. The minimum absolute atomic E-state index is 0.672. The predicted molar refractivity (Wildman–Crippen MR) is 64.3 cm³/mol. The van der Waals surface area contributed by atoms with E-state index >= 15 is 0 Å². The molecule has 16 heavy (non-hydrogen) atoms. The molecule has 0 aliphatic heterocycles. The van der Waals surface area contributed by atoms with Gasteiger partial charge in [-0.25, -0.2) is 0 Å². The maximum atomic E-state index is 10.5. The van der Waals surface area contributed by atoms with Gasteiger partial charge in [0, 0.05) is 16.5 Å². The lowest BCUT2D eigenvalue weighted by Gasteiger charge is -2.09. The Labute approximate surface area is 93.2 Å². The van der Waals surface area contributed by atoms with Crippen molar-refractivity contribution in [3.8, 4) is 0 Å². The molecule has 0 saturated carbocycles. The van der Waals surface area contributed by atoms with Crippen molar-refractivity contribution in [1.82, 2.24) is 0 Å². The van der Waals surface area contributed by atoms with Gasteiger partial charge in [-0.2, -0.15) is 0 Å². The SMILES string of the molecule is CONc1cccc2c(NC=O)cccc12. The number of rotatable bonds is 4. The first-order valence-electron chi connectivity index (χ1n) is 4.87. The van der Waals surface area contributed by atoms with Crippen LogP contribution in [-0.2, 0) is 9.63 Å². The zero-order valence-corrected chi connectivity index (χ0v) is 8.86. The average Bonchev–Trinajstić information content (AvgIpc) is 2.31. The van der Waals surface area contributed by atoms with E-state index in [4.69, 9.17) is 4.84 Å². The van der Waals surface area contributed by atoms with Gasteiger partial charge in [0.2, 0.25) is 6.41 Å². The number of carbonyl (C=O) groups is 1. The first kappa shape index (κ1) is 10.4. The van der Waals surface area contributed by atoms with Gasteiger partial charge in [0.15, 0.2) is 0 Å². The van der Waals surface area contributed by atoms with Gasteiger partial charge < -0.3 is 5.32 Å². The van der Waals surface area contributed by atoms with Crippen LogP contribution in [-0.4, -0.2) is 13.5 Å². The van der Waals surface area contributed by atoms with E-state index in [9.17, 15) is 4.79 Å². The van der Waals surface area contributed by atoms with Crippen LogP contribution in [0.5, 0.6) is 0 Å². The Hall–Kier alpha value is -2.07. The Morgan fingerprint density at radius 2 is 1.69 bits per heavy atom. The third-order valence-corrected chi connectivity index (χ3v) is 2.35. The molecule has 0 unspecified atom stereocenters. The van der Waals surface area contributed by atoms with E-state index in [0.717, 1.165) is 22.1 Å². The van der Waals surface area contributed by atoms with E-state index in [1.165, 1.54) is 0 Å². The largest absolute Gasteiger partial charge is 0.328 e. The number of nitrogens with one attached hydrogen (secondary N) is 2. The van der Waals surface area contributed by atoms with Crippen LogP contribution < -0.4 is 10.8 Å². The van der Waals surface area contributed by atoms with Gasteiger partial charge in [-0.15, -0.1) is 0 Å². The van der Waals surface area contributed by atoms with Crippen LogP contribution in [0.2, 0.25) is 0 Å². The summed E-state index contributed by atoms with van der Waals surface area (Å²) in [5.41, 5.74) is 4.46. The number of hydrogen-bond donors (Lipinski definition) is 2. The normalized spacial score (nSPS) is 10.1. The van der Waals surface area contributed by atoms with E-state index in [2.05, 4.69) is 10.8 Å². The summed E-state index contributed by atoms with van der Waals surface area (Å²) in [6, 6.07) is 11.5. The number of hydrogen-bond acceptors (Lipinski definition) is 3. The van der Waals surface area contributed by atoms with Crippen LogP contribution >= 0.6 is 0 Å². The predicted octanol–water partition coefficient (Wildman–Crippen LogP) is 2.38. The highest BCUT2D eigenvalue weighted by molar-refractivity contribution is 6.03. The van der Waals surface area contributed by atoms with Gasteiger partial charge in [-0.3, -0.25) is 15.1 Å².